The van der Waals surface area contributed by atoms with Gasteiger partial charge in [0.05, 0.1) is 10.7 Å². The zero-order valence-electron chi connectivity index (χ0n) is 6.62. The molecule has 0 unspecified atom stereocenters. The summed E-state index contributed by atoms with van der Waals surface area (Å²) >= 11 is 3.23. The van der Waals surface area contributed by atoms with Crippen LogP contribution in [0.25, 0.3) is 0 Å². The smallest absolute Gasteiger partial charge is 0.242 e. The first-order chi connectivity index (χ1) is 5.79. The highest BCUT2D eigenvalue weighted by Gasteiger charge is 2.05. The highest BCUT2D eigenvalue weighted by Crippen LogP contribution is 2.24. The van der Waals surface area contributed by atoms with Gasteiger partial charge in [-0.25, -0.2) is 9.48 Å². The number of aromatic nitrogens is 2. The Labute approximate surface area is 78.4 Å². The van der Waals surface area contributed by atoms with Crippen LogP contribution in [-0.4, -0.2) is 15.9 Å². The van der Waals surface area contributed by atoms with Crippen LogP contribution in [0.4, 0.5) is 5.82 Å². The van der Waals surface area contributed by atoms with Gasteiger partial charge in [-0.1, -0.05) is 6.92 Å². The third-order valence-electron chi connectivity index (χ3n) is 1.36. The van der Waals surface area contributed by atoms with E-state index in [1.54, 1.807) is 10.9 Å². The normalized spacial score (nSPS) is 9.50. The number of hydrogen-bond donors (Lipinski definition) is 0. The van der Waals surface area contributed by atoms with Crippen molar-refractivity contribution in [2.75, 3.05) is 0 Å². The quantitative estimate of drug-likeness (QED) is 0.589. The maximum atomic E-state index is 10.0. The summed E-state index contributed by atoms with van der Waals surface area (Å²) in [5, 5.41) is 4.02. The first kappa shape index (κ1) is 9.16. The second kappa shape index (κ2) is 4.18. The molecule has 0 aromatic carbocycles. The molecule has 1 aromatic heterocycles. The van der Waals surface area contributed by atoms with E-state index in [-0.39, 0.29) is 0 Å². The average molecular weight is 230 g/mol. The van der Waals surface area contributed by atoms with Crippen molar-refractivity contribution in [2.45, 2.75) is 19.9 Å². The van der Waals surface area contributed by atoms with Gasteiger partial charge in [0, 0.05) is 6.54 Å². The predicted octanol–water partition coefficient (Wildman–Crippen LogP) is 2.02. The van der Waals surface area contributed by atoms with Crippen molar-refractivity contribution in [2.24, 2.45) is 4.99 Å². The zero-order valence-corrected chi connectivity index (χ0v) is 8.21. The molecular formula is C7H8BrN3O. The Balaban J connectivity index is 3.03. The third kappa shape index (κ3) is 1.81. The van der Waals surface area contributed by atoms with Crippen molar-refractivity contribution in [1.29, 1.82) is 0 Å². The number of aryl methyl sites for hydroxylation is 1. The molecule has 1 aromatic rings. The van der Waals surface area contributed by atoms with E-state index >= 15 is 0 Å². The van der Waals surface area contributed by atoms with Crippen molar-refractivity contribution < 1.29 is 4.79 Å². The molecule has 0 aliphatic heterocycles. The number of aliphatic imine (C=N–C) groups is 1. The van der Waals surface area contributed by atoms with E-state index in [4.69, 9.17) is 0 Å². The molecule has 0 saturated heterocycles. The lowest BCUT2D eigenvalue weighted by atomic mass is 10.5. The molecule has 1 rings (SSSR count). The number of isocyanates is 1. The Hall–Kier alpha value is -0.930. The van der Waals surface area contributed by atoms with E-state index in [1.807, 2.05) is 6.92 Å². The lowest BCUT2D eigenvalue weighted by molar-refractivity contribution is 0.562. The lowest BCUT2D eigenvalue weighted by Gasteiger charge is -1.98. The summed E-state index contributed by atoms with van der Waals surface area (Å²) in [5.74, 6) is 0.534. The fourth-order valence-corrected chi connectivity index (χ4v) is 1.27. The highest BCUT2D eigenvalue weighted by atomic mass is 79.9. The highest BCUT2D eigenvalue weighted by molar-refractivity contribution is 9.10. The molecule has 0 radical (unpaired) electrons. The molecule has 0 aliphatic rings. The number of rotatable bonds is 3. The molecule has 64 valence electrons. The first-order valence-corrected chi connectivity index (χ1v) is 4.38. The molecule has 4 nitrogen and oxygen atoms in total. The van der Waals surface area contributed by atoms with Crippen molar-refractivity contribution in [3.8, 4) is 0 Å². The van der Waals surface area contributed by atoms with Crippen LogP contribution in [0.1, 0.15) is 13.3 Å². The van der Waals surface area contributed by atoms with Crippen molar-refractivity contribution in [3.05, 3.63) is 10.7 Å². The van der Waals surface area contributed by atoms with E-state index in [1.165, 1.54) is 6.08 Å². The molecule has 0 atom stereocenters. The minimum atomic E-state index is 0.534. The van der Waals surface area contributed by atoms with Gasteiger partial charge >= 0.3 is 0 Å². The van der Waals surface area contributed by atoms with Gasteiger partial charge in [0.25, 0.3) is 0 Å². The van der Waals surface area contributed by atoms with Gasteiger partial charge in [-0.3, -0.25) is 0 Å². The Bertz CT molecular complexity index is 314. The topological polar surface area (TPSA) is 47.2 Å². The fraction of sp³-hybridized carbons (Fsp3) is 0.429. The molecular weight excluding hydrogens is 222 g/mol. The number of hydrogen-bond acceptors (Lipinski definition) is 3. The lowest BCUT2D eigenvalue weighted by Crippen LogP contribution is -1.97. The zero-order chi connectivity index (χ0) is 8.97. The van der Waals surface area contributed by atoms with Crippen LogP contribution >= 0.6 is 15.9 Å². The standard InChI is InChI=1S/C7H8BrN3O/c1-2-3-11-7(9-5-12)6(8)4-10-11/h4H,2-3H2,1H3. The van der Waals surface area contributed by atoms with Crippen molar-refractivity contribution in [1.82, 2.24) is 9.78 Å². The van der Waals surface area contributed by atoms with E-state index < -0.39 is 0 Å². The minimum Gasteiger partial charge on any atom is -0.246 e. The molecule has 0 spiro atoms. The Morgan fingerprint density at radius 3 is 3.17 bits per heavy atom. The predicted molar refractivity (Wildman–Crippen MR) is 48.0 cm³/mol. The summed E-state index contributed by atoms with van der Waals surface area (Å²) in [6.07, 6.45) is 4.06. The summed E-state index contributed by atoms with van der Waals surface area (Å²) in [7, 11) is 0. The minimum absolute atomic E-state index is 0.534. The van der Waals surface area contributed by atoms with Gasteiger partial charge in [-0.2, -0.15) is 5.10 Å². The maximum Gasteiger partial charge on any atom is 0.242 e. The van der Waals surface area contributed by atoms with Gasteiger partial charge in [-0.15, -0.1) is 4.99 Å². The molecule has 0 aliphatic carbocycles. The maximum absolute atomic E-state index is 10.0. The van der Waals surface area contributed by atoms with Crippen LogP contribution in [0.15, 0.2) is 15.7 Å². The Morgan fingerprint density at radius 1 is 1.83 bits per heavy atom. The molecule has 12 heavy (non-hydrogen) atoms. The first-order valence-electron chi connectivity index (χ1n) is 3.58. The van der Waals surface area contributed by atoms with Crippen LogP contribution in [0.3, 0.4) is 0 Å². The molecule has 0 bridgehead atoms. The van der Waals surface area contributed by atoms with Gasteiger partial charge in [0.2, 0.25) is 6.08 Å². The molecule has 0 amide bonds. The van der Waals surface area contributed by atoms with Gasteiger partial charge in [0.1, 0.15) is 0 Å². The third-order valence-corrected chi connectivity index (χ3v) is 1.91. The van der Waals surface area contributed by atoms with Crippen molar-refractivity contribution >= 4 is 27.8 Å². The molecule has 1 heterocycles. The molecule has 0 N–H and O–H groups in total. The fourth-order valence-electron chi connectivity index (χ4n) is 0.886. The number of halogens is 1. The Kier molecular flexibility index (Phi) is 3.19. The van der Waals surface area contributed by atoms with E-state index in [0.717, 1.165) is 17.4 Å². The summed E-state index contributed by atoms with van der Waals surface area (Å²) in [6, 6.07) is 0. The summed E-state index contributed by atoms with van der Waals surface area (Å²) in [5.41, 5.74) is 0. The number of carbonyl (C=O) groups excluding carboxylic acids is 1. The second-order valence-corrected chi connectivity index (χ2v) is 3.10. The van der Waals surface area contributed by atoms with Gasteiger partial charge in [0.15, 0.2) is 5.82 Å². The van der Waals surface area contributed by atoms with E-state index in [9.17, 15) is 4.79 Å². The van der Waals surface area contributed by atoms with Crippen LogP contribution in [0, 0.1) is 0 Å². The van der Waals surface area contributed by atoms with Gasteiger partial charge in [-0.05, 0) is 22.4 Å². The summed E-state index contributed by atoms with van der Waals surface area (Å²) < 4.78 is 2.38. The monoisotopic (exact) mass is 229 g/mol. The molecule has 0 fully saturated rings. The van der Waals surface area contributed by atoms with Crippen LogP contribution in [0.5, 0.6) is 0 Å². The van der Waals surface area contributed by atoms with Crippen LogP contribution < -0.4 is 0 Å². The van der Waals surface area contributed by atoms with Crippen LogP contribution in [-0.2, 0) is 11.3 Å². The Morgan fingerprint density at radius 2 is 2.58 bits per heavy atom. The van der Waals surface area contributed by atoms with E-state index in [0.29, 0.717) is 5.82 Å². The van der Waals surface area contributed by atoms with Gasteiger partial charge < -0.3 is 0 Å². The SMILES string of the molecule is CCCn1ncc(Br)c1N=C=O. The summed E-state index contributed by atoms with van der Waals surface area (Å²) in [6.45, 7) is 2.79. The molecule has 0 saturated carbocycles. The number of nitrogens with zero attached hydrogens (tertiary/aromatic N) is 3. The molecule has 5 heteroatoms. The largest absolute Gasteiger partial charge is 0.246 e. The van der Waals surface area contributed by atoms with Crippen LogP contribution in [0.2, 0.25) is 0 Å². The van der Waals surface area contributed by atoms with Crippen molar-refractivity contribution in [3.63, 3.8) is 0 Å². The average Bonchev–Trinajstić information content (AvgIpc) is 2.37. The van der Waals surface area contributed by atoms with E-state index in [2.05, 4.69) is 26.0 Å². The summed E-state index contributed by atoms with van der Waals surface area (Å²) in [4.78, 5) is 13.6. The second-order valence-electron chi connectivity index (χ2n) is 2.24.